The monoisotopic (exact) mass is 383 g/mol. The van der Waals surface area contributed by atoms with E-state index in [-0.39, 0.29) is 0 Å². The van der Waals surface area contributed by atoms with Crippen molar-refractivity contribution in [3.8, 4) is 11.4 Å². The Balaban J connectivity index is 1.67. The van der Waals surface area contributed by atoms with E-state index in [1.807, 2.05) is 37.3 Å². The van der Waals surface area contributed by atoms with Crippen LogP contribution in [0.4, 0.5) is 11.5 Å². The molecule has 28 heavy (non-hydrogen) atoms. The number of benzene rings is 2. The Labute approximate surface area is 166 Å². The summed E-state index contributed by atoms with van der Waals surface area (Å²) < 4.78 is 1.16. The number of thiazole rings is 1. The lowest BCUT2D eigenvalue weighted by Crippen LogP contribution is -2.00. The number of nitrogens with zero attached hydrogens (tertiary/aromatic N) is 4. The molecular formula is C22H17N5S. The van der Waals surface area contributed by atoms with E-state index in [1.165, 1.54) is 0 Å². The summed E-state index contributed by atoms with van der Waals surface area (Å²) >= 11 is 1.69. The van der Waals surface area contributed by atoms with Gasteiger partial charge in [-0.05, 0) is 55.8 Å². The van der Waals surface area contributed by atoms with Crippen molar-refractivity contribution >= 4 is 44.0 Å². The van der Waals surface area contributed by atoms with Crippen molar-refractivity contribution in [3.05, 3.63) is 71.5 Å². The number of rotatable bonds is 3. The first-order valence-corrected chi connectivity index (χ1v) is 9.81. The van der Waals surface area contributed by atoms with Crippen LogP contribution in [0.5, 0.6) is 0 Å². The number of hydrogen-bond donors (Lipinski definition) is 1. The van der Waals surface area contributed by atoms with Crippen LogP contribution in [0.25, 0.3) is 32.5 Å². The summed E-state index contributed by atoms with van der Waals surface area (Å²) in [5, 5.41) is 5.56. The van der Waals surface area contributed by atoms with Crippen LogP contribution < -0.4 is 5.32 Å². The molecule has 0 radical (unpaired) electrons. The summed E-state index contributed by atoms with van der Waals surface area (Å²) in [6.07, 6.45) is 3.52. The van der Waals surface area contributed by atoms with E-state index in [2.05, 4.69) is 40.4 Å². The molecular weight excluding hydrogens is 366 g/mol. The fourth-order valence-electron chi connectivity index (χ4n) is 3.28. The second kappa shape index (κ2) is 6.65. The minimum atomic E-state index is 0.682. The second-order valence-electron chi connectivity index (χ2n) is 6.64. The summed E-state index contributed by atoms with van der Waals surface area (Å²) in [6, 6.07) is 16.2. The highest BCUT2D eigenvalue weighted by molar-refractivity contribution is 7.18. The van der Waals surface area contributed by atoms with Gasteiger partial charge in [0.2, 0.25) is 0 Å². The first-order valence-electron chi connectivity index (χ1n) is 8.99. The lowest BCUT2D eigenvalue weighted by atomic mass is 10.1. The quantitative estimate of drug-likeness (QED) is 0.435. The highest BCUT2D eigenvalue weighted by Crippen LogP contribution is 2.31. The Kier molecular flexibility index (Phi) is 3.98. The molecule has 0 bridgehead atoms. The van der Waals surface area contributed by atoms with Crippen LogP contribution in [0.15, 0.2) is 60.9 Å². The number of hydrogen-bond acceptors (Lipinski definition) is 6. The van der Waals surface area contributed by atoms with Gasteiger partial charge in [-0.1, -0.05) is 12.1 Å². The topological polar surface area (TPSA) is 63.6 Å². The van der Waals surface area contributed by atoms with Crippen molar-refractivity contribution in [2.75, 3.05) is 5.32 Å². The maximum absolute atomic E-state index is 4.83. The molecule has 0 atom stereocenters. The molecule has 2 aromatic carbocycles. The Morgan fingerprint density at radius 2 is 1.75 bits per heavy atom. The Hall–Kier alpha value is -3.38. The predicted molar refractivity (Wildman–Crippen MR) is 115 cm³/mol. The first-order chi connectivity index (χ1) is 13.7. The fourth-order valence-corrected chi connectivity index (χ4v) is 4.14. The summed E-state index contributed by atoms with van der Waals surface area (Å²) in [6.45, 7) is 4.10. The highest BCUT2D eigenvalue weighted by Gasteiger charge is 2.12. The summed E-state index contributed by atoms with van der Waals surface area (Å²) in [4.78, 5) is 18.3. The van der Waals surface area contributed by atoms with Crippen LogP contribution in [0.1, 0.15) is 10.6 Å². The summed E-state index contributed by atoms with van der Waals surface area (Å²) in [5.41, 5.74) is 5.01. The van der Waals surface area contributed by atoms with E-state index < -0.39 is 0 Å². The SMILES string of the molecule is Cc1nc2ccc(Nc3nc(-c4ccncc4)nc4c(C)cccc34)cc2s1. The van der Waals surface area contributed by atoms with E-state index in [0.717, 1.165) is 48.8 Å². The van der Waals surface area contributed by atoms with Gasteiger partial charge in [-0.2, -0.15) is 0 Å². The number of aromatic nitrogens is 4. The van der Waals surface area contributed by atoms with Gasteiger partial charge in [0.05, 0.1) is 20.7 Å². The minimum absolute atomic E-state index is 0.682. The van der Waals surface area contributed by atoms with Crippen molar-refractivity contribution in [3.63, 3.8) is 0 Å². The molecule has 0 amide bonds. The van der Waals surface area contributed by atoms with Gasteiger partial charge in [0.15, 0.2) is 5.82 Å². The number of aryl methyl sites for hydroxylation is 2. The fraction of sp³-hybridized carbons (Fsp3) is 0.0909. The van der Waals surface area contributed by atoms with Gasteiger partial charge in [-0.25, -0.2) is 15.0 Å². The summed E-state index contributed by atoms with van der Waals surface area (Å²) in [7, 11) is 0. The van der Waals surface area contributed by atoms with Crippen molar-refractivity contribution in [1.29, 1.82) is 0 Å². The smallest absolute Gasteiger partial charge is 0.162 e. The van der Waals surface area contributed by atoms with Gasteiger partial charge >= 0.3 is 0 Å². The van der Waals surface area contributed by atoms with Crippen LogP contribution in [0.2, 0.25) is 0 Å². The van der Waals surface area contributed by atoms with Crippen molar-refractivity contribution in [1.82, 2.24) is 19.9 Å². The third-order valence-corrected chi connectivity index (χ3v) is 5.56. The molecule has 0 aliphatic carbocycles. The average Bonchev–Trinajstić information content (AvgIpc) is 3.08. The van der Waals surface area contributed by atoms with Gasteiger partial charge < -0.3 is 5.32 Å². The Bertz CT molecular complexity index is 1310. The van der Waals surface area contributed by atoms with E-state index >= 15 is 0 Å². The molecule has 6 heteroatoms. The van der Waals surface area contributed by atoms with Crippen LogP contribution >= 0.6 is 11.3 Å². The zero-order valence-corrected chi connectivity index (χ0v) is 16.3. The van der Waals surface area contributed by atoms with Gasteiger partial charge in [0, 0.05) is 29.0 Å². The molecule has 0 fully saturated rings. The summed E-state index contributed by atoms with van der Waals surface area (Å²) in [5.74, 6) is 1.47. The van der Waals surface area contributed by atoms with Crippen LogP contribution in [0, 0.1) is 13.8 Å². The molecule has 5 nitrogen and oxygen atoms in total. The zero-order valence-electron chi connectivity index (χ0n) is 15.5. The third-order valence-electron chi connectivity index (χ3n) is 4.62. The number of pyridine rings is 1. The van der Waals surface area contributed by atoms with Gasteiger partial charge in [-0.15, -0.1) is 11.3 Å². The van der Waals surface area contributed by atoms with Crippen LogP contribution in [-0.4, -0.2) is 19.9 Å². The minimum Gasteiger partial charge on any atom is -0.340 e. The maximum atomic E-state index is 4.83. The number of anilines is 2. The lowest BCUT2D eigenvalue weighted by Gasteiger charge is -2.12. The van der Waals surface area contributed by atoms with Crippen molar-refractivity contribution in [2.45, 2.75) is 13.8 Å². The molecule has 5 aromatic rings. The largest absolute Gasteiger partial charge is 0.340 e. The van der Waals surface area contributed by atoms with E-state index in [9.17, 15) is 0 Å². The van der Waals surface area contributed by atoms with Crippen LogP contribution in [0.3, 0.4) is 0 Å². The normalized spacial score (nSPS) is 11.2. The standard InChI is InChI=1S/C22H17N5S/c1-13-4-3-5-17-20(13)26-21(15-8-10-23-11-9-15)27-22(17)25-16-6-7-18-19(12-16)28-14(2)24-18/h3-12H,1-2H3,(H,25,26,27). The number of para-hydroxylation sites is 1. The van der Waals surface area contributed by atoms with E-state index in [4.69, 9.17) is 9.97 Å². The molecule has 0 spiro atoms. The molecule has 0 saturated heterocycles. The van der Waals surface area contributed by atoms with Crippen molar-refractivity contribution in [2.24, 2.45) is 0 Å². The molecule has 5 rings (SSSR count). The Morgan fingerprint density at radius 3 is 2.61 bits per heavy atom. The number of fused-ring (bicyclic) bond motifs is 2. The lowest BCUT2D eigenvalue weighted by molar-refractivity contribution is 1.20. The zero-order chi connectivity index (χ0) is 19.1. The first kappa shape index (κ1) is 16.8. The molecule has 3 aromatic heterocycles. The molecule has 136 valence electrons. The predicted octanol–water partition coefficient (Wildman–Crippen LogP) is 5.66. The van der Waals surface area contributed by atoms with E-state index in [0.29, 0.717) is 5.82 Å². The van der Waals surface area contributed by atoms with Gasteiger partial charge in [0.1, 0.15) is 5.82 Å². The third kappa shape index (κ3) is 2.97. The van der Waals surface area contributed by atoms with Crippen LogP contribution in [-0.2, 0) is 0 Å². The average molecular weight is 383 g/mol. The van der Waals surface area contributed by atoms with Gasteiger partial charge in [0.25, 0.3) is 0 Å². The molecule has 0 aliphatic heterocycles. The molecule has 0 saturated carbocycles. The highest BCUT2D eigenvalue weighted by atomic mass is 32.1. The maximum Gasteiger partial charge on any atom is 0.162 e. The molecule has 3 heterocycles. The molecule has 1 N–H and O–H groups in total. The van der Waals surface area contributed by atoms with Gasteiger partial charge in [-0.3, -0.25) is 4.98 Å². The molecule has 0 unspecified atom stereocenters. The molecule has 0 aliphatic rings. The Morgan fingerprint density at radius 1 is 0.893 bits per heavy atom. The number of nitrogens with one attached hydrogen (secondary N) is 1. The van der Waals surface area contributed by atoms with E-state index in [1.54, 1.807) is 23.7 Å². The second-order valence-corrected chi connectivity index (χ2v) is 7.88. The van der Waals surface area contributed by atoms with Crippen molar-refractivity contribution < 1.29 is 0 Å².